The zero-order valence-corrected chi connectivity index (χ0v) is 19.5. The highest BCUT2D eigenvalue weighted by atomic mass is 31.3. The maximum Gasteiger partial charge on any atom is 0.490 e. The van der Waals surface area contributed by atoms with Gasteiger partial charge in [0.25, 0.3) is 0 Å². The summed E-state index contributed by atoms with van der Waals surface area (Å²) in [4.78, 5) is 56.0. The predicted molar refractivity (Wildman–Crippen MR) is 104 cm³/mol. The molecule has 2 rings (SSSR count). The number of phosphoric acid groups is 3. The molecule has 2 heterocycles. The van der Waals surface area contributed by atoms with Crippen molar-refractivity contribution in [2.75, 3.05) is 6.61 Å². The van der Waals surface area contributed by atoms with Gasteiger partial charge < -0.3 is 40.5 Å². The number of phosphoric ester groups is 1. The number of hydrogen-bond donors (Lipinski definition) is 8. The van der Waals surface area contributed by atoms with E-state index in [1.807, 2.05) is 0 Å². The summed E-state index contributed by atoms with van der Waals surface area (Å²) in [5.41, 5.74) is 14.5. The number of nitrogens with zero attached hydrogens (tertiary/aromatic N) is 4. The van der Waals surface area contributed by atoms with Crippen LogP contribution in [0.1, 0.15) is 13.3 Å². The number of rotatable bonds is 10. The van der Waals surface area contributed by atoms with E-state index in [0.717, 1.165) is 11.1 Å². The molecule has 1 saturated heterocycles. The lowest BCUT2D eigenvalue weighted by Gasteiger charge is -2.37. The van der Waals surface area contributed by atoms with Crippen molar-refractivity contribution in [2.24, 2.45) is 16.7 Å². The van der Waals surface area contributed by atoms with Gasteiger partial charge in [0.15, 0.2) is 5.79 Å². The smallest absolute Gasteiger partial charge is 0.362 e. The molecule has 6 atom stereocenters. The summed E-state index contributed by atoms with van der Waals surface area (Å²) in [6.45, 7) is 0.278. The Kier molecular flexibility index (Phi) is 8.36. The topological polar surface area (TPSA) is 332 Å². The molecule has 0 aromatic heterocycles. The first-order valence-electron chi connectivity index (χ1n) is 8.54. The number of carbonyl (C=O) groups excluding carboxylic acids is 1. The molecule has 24 heteroatoms. The molecule has 0 aliphatic carbocycles. The third-order valence-electron chi connectivity index (χ3n) is 4.28. The number of nitrogens with two attached hydrogens (primary N) is 2. The Labute approximate surface area is 189 Å². The van der Waals surface area contributed by atoms with Crippen LogP contribution in [0.4, 0.5) is 4.79 Å². The van der Waals surface area contributed by atoms with Crippen molar-refractivity contribution in [1.29, 1.82) is 0 Å². The Morgan fingerprint density at radius 3 is 2.47 bits per heavy atom. The molecule has 0 bridgehead atoms. The first-order valence-corrected chi connectivity index (χ1v) is 13.1. The zero-order chi connectivity index (χ0) is 26.2. The van der Waals surface area contributed by atoms with Crippen LogP contribution in [0.3, 0.4) is 0 Å². The van der Waals surface area contributed by atoms with Gasteiger partial charge in [0, 0.05) is 11.1 Å². The van der Waals surface area contributed by atoms with Crippen LogP contribution in [0, 0.1) is 0 Å². The first kappa shape index (κ1) is 28.8. The summed E-state index contributed by atoms with van der Waals surface area (Å²) >= 11 is 0. The Balaban J connectivity index is 2.15. The normalized spacial score (nSPS) is 33.4. The molecule has 2 amide bonds. The van der Waals surface area contributed by atoms with Crippen molar-refractivity contribution in [2.45, 2.75) is 37.3 Å². The van der Waals surface area contributed by atoms with Crippen molar-refractivity contribution < 1.29 is 65.9 Å². The number of ether oxygens (including phenoxy) is 1. The Morgan fingerprint density at radius 2 is 1.94 bits per heavy atom. The third kappa shape index (κ3) is 7.03. The van der Waals surface area contributed by atoms with Gasteiger partial charge >= 0.3 is 29.5 Å². The van der Waals surface area contributed by atoms with Crippen molar-refractivity contribution >= 4 is 29.5 Å². The predicted octanol–water partition coefficient (Wildman–Crippen LogP) is -1.12. The number of hydrogen-bond acceptors (Lipinski definition) is 13. The molecule has 0 spiro atoms. The molecule has 1 fully saturated rings. The van der Waals surface area contributed by atoms with Crippen molar-refractivity contribution in [3.05, 3.63) is 22.2 Å². The van der Waals surface area contributed by atoms with E-state index in [2.05, 4.69) is 33.3 Å². The maximum absolute atomic E-state index is 12.4. The summed E-state index contributed by atoms with van der Waals surface area (Å²) in [7, 11) is -16.9. The van der Waals surface area contributed by atoms with Gasteiger partial charge in [-0.25, -0.2) is 24.4 Å². The van der Waals surface area contributed by atoms with Crippen LogP contribution in [-0.2, 0) is 36.4 Å². The molecule has 0 radical (unpaired) electrons. The van der Waals surface area contributed by atoms with Crippen LogP contribution < -0.4 is 16.9 Å². The second-order valence-electron chi connectivity index (χ2n) is 6.74. The minimum Gasteiger partial charge on any atom is -0.362 e. The van der Waals surface area contributed by atoms with Crippen LogP contribution in [-0.4, -0.2) is 66.1 Å². The number of urea groups is 1. The lowest BCUT2D eigenvalue weighted by molar-refractivity contribution is -0.237. The van der Waals surface area contributed by atoms with E-state index < -0.39 is 66.4 Å². The van der Waals surface area contributed by atoms with E-state index in [1.54, 1.807) is 0 Å². The van der Waals surface area contributed by atoms with Crippen molar-refractivity contribution in [1.82, 2.24) is 10.2 Å². The van der Waals surface area contributed by atoms with Gasteiger partial charge in [0.05, 0.1) is 13.0 Å². The quantitative estimate of drug-likeness (QED) is 0.0395. The van der Waals surface area contributed by atoms with Gasteiger partial charge in [-0.3, -0.25) is 14.3 Å². The van der Waals surface area contributed by atoms with Gasteiger partial charge in [0.2, 0.25) is 5.79 Å². The number of aliphatic hydroxyl groups is 1. The monoisotopic (exact) mass is 555 g/mol. The third-order valence-corrected chi connectivity index (χ3v) is 8.08. The van der Waals surface area contributed by atoms with Gasteiger partial charge in [-0.05, 0) is 23.1 Å². The minimum atomic E-state index is -5.78. The molecular weight excluding hydrogens is 535 g/mol. The highest BCUT2D eigenvalue weighted by Crippen LogP contribution is 2.66. The van der Waals surface area contributed by atoms with Crippen molar-refractivity contribution in [3.63, 3.8) is 0 Å². The highest BCUT2D eigenvalue weighted by molar-refractivity contribution is 7.66. The molecule has 34 heavy (non-hydrogen) atoms. The standard InChI is InChI=1S/C10H20N7O14P3/c1-5-3-17(8(18)14-10(5,11)15-16-12)7-2-9(19,29-13)6(28-7)4-27-33(23,24)31-34(25,26)30-32(20,21)22/h3,6-7,19H,2,4,11,13H2,1H3,(H,14,18)(H,23,24)(H,25,26)(H2,20,21,22)/t6-,7-,9-,10?/m1/s1. The lowest BCUT2D eigenvalue weighted by Crippen LogP contribution is -2.62. The fourth-order valence-electron chi connectivity index (χ4n) is 2.73. The van der Waals surface area contributed by atoms with E-state index in [-0.39, 0.29) is 5.57 Å². The number of amides is 2. The zero-order valence-electron chi connectivity index (χ0n) is 16.8. The average molecular weight is 555 g/mol. The average Bonchev–Trinajstić information content (AvgIpc) is 2.97. The van der Waals surface area contributed by atoms with Crippen molar-refractivity contribution in [3.8, 4) is 0 Å². The second kappa shape index (κ2) is 9.88. The highest BCUT2D eigenvalue weighted by Gasteiger charge is 2.53. The number of carbonyl (C=O) groups is 1. The molecule has 194 valence electrons. The Hall–Kier alpha value is -1.47. The van der Waals surface area contributed by atoms with Crippen LogP contribution in [0.2, 0.25) is 0 Å². The molecule has 0 aromatic rings. The summed E-state index contributed by atoms with van der Waals surface area (Å²) in [5.74, 6) is 0.721. The van der Waals surface area contributed by atoms with Crippen LogP contribution in [0.15, 0.2) is 16.9 Å². The Bertz CT molecular complexity index is 1050. The first-order chi connectivity index (χ1) is 15.4. The van der Waals surface area contributed by atoms with Crippen LogP contribution >= 0.6 is 23.5 Å². The fraction of sp³-hybridized carbons (Fsp3) is 0.700. The van der Waals surface area contributed by atoms with Gasteiger partial charge in [-0.1, -0.05) is 0 Å². The Morgan fingerprint density at radius 1 is 1.32 bits per heavy atom. The summed E-state index contributed by atoms with van der Waals surface area (Å²) in [6, 6.07) is -0.946. The molecule has 0 aromatic carbocycles. The second-order valence-corrected chi connectivity index (χ2v) is 11.2. The molecule has 21 nitrogen and oxygen atoms in total. The van der Waals surface area contributed by atoms with E-state index in [9.17, 15) is 28.5 Å². The van der Waals surface area contributed by atoms with Gasteiger partial charge in [-0.2, -0.15) is 8.62 Å². The fourth-order valence-corrected chi connectivity index (χ4v) is 5.75. The summed E-state index contributed by atoms with van der Waals surface area (Å²) < 4.78 is 50.8. The molecule has 2 aliphatic heterocycles. The van der Waals surface area contributed by atoms with Gasteiger partial charge in [0.1, 0.15) is 12.3 Å². The molecule has 10 N–H and O–H groups in total. The number of azide groups is 1. The maximum atomic E-state index is 12.4. The van der Waals surface area contributed by atoms with Gasteiger partial charge in [-0.15, -0.1) is 0 Å². The lowest BCUT2D eigenvalue weighted by atomic mass is 10.1. The van der Waals surface area contributed by atoms with Crippen LogP contribution in [0.25, 0.3) is 10.4 Å². The summed E-state index contributed by atoms with van der Waals surface area (Å²) in [5, 5.41) is 16.0. The van der Waals surface area contributed by atoms with E-state index >= 15 is 0 Å². The minimum absolute atomic E-state index is 0.141. The largest absolute Gasteiger partial charge is 0.490 e. The molecule has 3 unspecified atom stereocenters. The van der Waals surface area contributed by atoms with Crippen LogP contribution in [0.5, 0.6) is 0 Å². The molecule has 0 saturated carbocycles. The SMILES string of the molecule is CC1=CN([C@H]2C[C@@](O)(ON)[C@@H](COP(=O)(O)OP(=O)(O)OP(=O)(O)O)O2)C(=O)NC1(N)N=[N+]=[N-]. The molecule has 2 aliphatic rings. The summed E-state index contributed by atoms with van der Waals surface area (Å²) in [6.07, 6.45) is -2.52. The molecular formula is C10H20N7O14P3. The van der Waals surface area contributed by atoms with E-state index in [0.29, 0.717) is 0 Å². The van der Waals surface area contributed by atoms with E-state index in [1.165, 1.54) is 6.92 Å². The van der Waals surface area contributed by atoms with E-state index in [4.69, 9.17) is 36.6 Å². The number of nitrogens with one attached hydrogen (secondary N) is 1.